The number of hydrogen-bond donors (Lipinski definition) is 0. The maximum atomic E-state index is 12.6. The molecule has 20 heavy (non-hydrogen) atoms. The molecule has 0 aliphatic rings. The molecule has 0 atom stereocenters. The normalized spacial score (nSPS) is 10.6. The molecule has 0 N–H and O–H groups in total. The Morgan fingerprint density at radius 3 is 2.45 bits per heavy atom. The van der Waals surface area contributed by atoms with Gasteiger partial charge in [-0.3, -0.25) is 4.79 Å². The number of amides is 1. The topological polar surface area (TPSA) is 33.2 Å². The van der Waals surface area contributed by atoms with Crippen molar-refractivity contribution in [3.8, 4) is 0 Å². The second-order valence-corrected chi connectivity index (χ2v) is 5.67. The average Bonchev–Trinajstić information content (AvgIpc) is 2.45. The minimum absolute atomic E-state index is 0.0508. The number of carbonyl (C=O) groups excluding carboxylic acids is 1. The lowest BCUT2D eigenvalue weighted by Crippen LogP contribution is -2.36. The lowest BCUT2D eigenvalue weighted by molar-refractivity contribution is 0.0684. The molecule has 2 aromatic rings. The summed E-state index contributed by atoms with van der Waals surface area (Å²) < 4.78 is 0.673. The van der Waals surface area contributed by atoms with Crippen LogP contribution in [-0.2, 0) is 6.54 Å². The summed E-state index contributed by atoms with van der Waals surface area (Å²) in [6.45, 7) is 4.61. The lowest BCUT2D eigenvalue weighted by Gasteiger charge is -2.26. The smallest absolute Gasteiger partial charge is 0.273 e. The number of pyridine rings is 1. The summed E-state index contributed by atoms with van der Waals surface area (Å²) in [6, 6.07) is 15.5. The molecule has 2 rings (SSSR count). The van der Waals surface area contributed by atoms with E-state index in [4.69, 9.17) is 0 Å². The van der Waals surface area contributed by atoms with Crippen LogP contribution >= 0.6 is 15.9 Å². The van der Waals surface area contributed by atoms with Gasteiger partial charge in [0.15, 0.2) is 0 Å². The molecule has 0 radical (unpaired) electrons. The van der Waals surface area contributed by atoms with Crippen LogP contribution in [0.5, 0.6) is 0 Å². The van der Waals surface area contributed by atoms with Crippen LogP contribution in [-0.4, -0.2) is 21.8 Å². The van der Waals surface area contributed by atoms with Crippen molar-refractivity contribution >= 4 is 21.8 Å². The van der Waals surface area contributed by atoms with Crippen molar-refractivity contribution in [1.29, 1.82) is 0 Å². The highest BCUT2D eigenvalue weighted by Crippen LogP contribution is 2.14. The number of nitrogens with zero attached hydrogens (tertiary/aromatic N) is 2. The van der Waals surface area contributed by atoms with Crippen molar-refractivity contribution in [3.63, 3.8) is 0 Å². The zero-order valence-corrected chi connectivity index (χ0v) is 13.2. The quantitative estimate of drug-likeness (QED) is 0.795. The first kappa shape index (κ1) is 14.7. The molecule has 1 aromatic carbocycles. The fraction of sp³-hybridized carbons (Fsp3) is 0.250. The fourth-order valence-electron chi connectivity index (χ4n) is 1.94. The summed E-state index contributed by atoms with van der Waals surface area (Å²) in [5, 5.41) is 0. The van der Waals surface area contributed by atoms with E-state index in [9.17, 15) is 4.79 Å². The molecule has 104 valence electrons. The highest BCUT2D eigenvalue weighted by atomic mass is 79.9. The molecular weight excluding hydrogens is 316 g/mol. The Balaban J connectivity index is 2.23. The van der Waals surface area contributed by atoms with E-state index in [0.29, 0.717) is 16.8 Å². The molecule has 0 unspecified atom stereocenters. The predicted molar refractivity (Wildman–Crippen MR) is 83.4 cm³/mol. The monoisotopic (exact) mass is 332 g/mol. The van der Waals surface area contributed by atoms with E-state index < -0.39 is 0 Å². The van der Waals surface area contributed by atoms with Gasteiger partial charge < -0.3 is 4.90 Å². The fourth-order valence-corrected chi connectivity index (χ4v) is 2.29. The molecule has 0 bridgehead atoms. The second-order valence-electron chi connectivity index (χ2n) is 4.86. The summed E-state index contributed by atoms with van der Waals surface area (Å²) in [5.74, 6) is -0.0508. The number of benzene rings is 1. The summed E-state index contributed by atoms with van der Waals surface area (Å²) in [5.41, 5.74) is 1.58. The van der Waals surface area contributed by atoms with Gasteiger partial charge in [-0.1, -0.05) is 36.4 Å². The first-order chi connectivity index (χ1) is 9.58. The molecule has 1 amide bonds. The Hall–Kier alpha value is -1.68. The van der Waals surface area contributed by atoms with Gasteiger partial charge in [0.05, 0.1) is 0 Å². The highest BCUT2D eigenvalue weighted by molar-refractivity contribution is 9.10. The van der Waals surface area contributed by atoms with Gasteiger partial charge in [-0.25, -0.2) is 4.98 Å². The SMILES string of the molecule is CC(C)N(Cc1ccccc1)C(=O)c1cccc(Br)n1. The summed E-state index contributed by atoms with van der Waals surface area (Å²) in [7, 11) is 0. The van der Waals surface area contributed by atoms with E-state index in [2.05, 4.69) is 20.9 Å². The van der Waals surface area contributed by atoms with E-state index in [1.54, 1.807) is 6.07 Å². The zero-order chi connectivity index (χ0) is 14.5. The number of hydrogen-bond acceptors (Lipinski definition) is 2. The van der Waals surface area contributed by atoms with Crippen LogP contribution in [0.15, 0.2) is 53.1 Å². The van der Waals surface area contributed by atoms with Gasteiger partial charge in [0.2, 0.25) is 0 Å². The molecule has 1 heterocycles. The minimum Gasteiger partial charge on any atom is -0.331 e. The third-order valence-electron chi connectivity index (χ3n) is 3.01. The Bertz CT molecular complexity index is 584. The number of aromatic nitrogens is 1. The van der Waals surface area contributed by atoms with Crippen LogP contribution in [0.3, 0.4) is 0 Å². The van der Waals surface area contributed by atoms with Crippen molar-refractivity contribution in [3.05, 3.63) is 64.4 Å². The lowest BCUT2D eigenvalue weighted by atomic mass is 10.1. The Labute approximate surface area is 127 Å². The first-order valence-corrected chi connectivity index (χ1v) is 7.34. The van der Waals surface area contributed by atoms with Crippen molar-refractivity contribution in [1.82, 2.24) is 9.88 Å². The molecule has 0 saturated carbocycles. The predicted octanol–water partition coefficient (Wildman–Crippen LogP) is 3.89. The van der Waals surface area contributed by atoms with Gasteiger partial charge in [0.1, 0.15) is 10.3 Å². The Morgan fingerprint density at radius 2 is 1.85 bits per heavy atom. The summed E-state index contributed by atoms with van der Waals surface area (Å²) in [4.78, 5) is 18.7. The molecule has 0 saturated heterocycles. The minimum atomic E-state index is -0.0508. The van der Waals surface area contributed by atoms with Gasteiger partial charge >= 0.3 is 0 Å². The Kier molecular flexibility index (Phi) is 4.90. The van der Waals surface area contributed by atoms with Crippen molar-refractivity contribution in [2.75, 3.05) is 0 Å². The van der Waals surface area contributed by atoms with E-state index in [1.807, 2.05) is 61.2 Å². The standard InChI is InChI=1S/C16H17BrN2O/c1-12(2)19(11-13-7-4-3-5-8-13)16(20)14-9-6-10-15(17)18-14/h3-10,12H,11H2,1-2H3. The maximum absolute atomic E-state index is 12.6. The van der Waals surface area contributed by atoms with E-state index >= 15 is 0 Å². The van der Waals surface area contributed by atoms with Gasteiger partial charge in [-0.15, -0.1) is 0 Å². The van der Waals surface area contributed by atoms with Gasteiger partial charge in [-0.05, 0) is 47.5 Å². The molecule has 4 heteroatoms. The molecule has 0 fully saturated rings. The van der Waals surface area contributed by atoms with Gasteiger partial charge in [-0.2, -0.15) is 0 Å². The van der Waals surface area contributed by atoms with E-state index in [1.165, 1.54) is 0 Å². The molecule has 3 nitrogen and oxygen atoms in total. The van der Waals surface area contributed by atoms with Crippen LogP contribution in [0.1, 0.15) is 29.9 Å². The van der Waals surface area contributed by atoms with Crippen molar-refractivity contribution < 1.29 is 4.79 Å². The van der Waals surface area contributed by atoms with E-state index in [-0.39, 0.29) is 11.9 Å². The summed E-state index contributed by atoms with van der Waals surface area (Å²) in [6.07, 6.45) is 0. The number of rotatable bonds is 4. The van der Waals surface area contributed by atoms with Crippen molar-refractivity contribution in [2.45, 2.75) is 26.4 Å². The van der Waals surface area contributed by atoms with Gasteiger partial charge in [0, 0.05) is 12.6 Å². The van der Waals surface area contributed by atoms with Crippen LogP contribution < -0.4 is 0 Å². The molecule has 0 aliphatic carbocycles. The Morgan fingerprint density at radius 1 is 1.15 bits per heavy atom. The molecule has 0 aliphatic heterocycles. The number of halogens is 1. The van der Waals surface area contributed by atoms with Crippen LogP contribution in [0.25, 0.3) is 0 Å². The average molecular weight is 333 g/mol. The summed E-state index contributed by atoms with van der Waals surface area (Å²) >= 11 is 3.30. The van der Waals surface area contributed by atoms with Crippen LogP contribution in [0.2, 0.25) is 0 Å². The molecular formula is C16H17BrN2O. The van der Waals surface area contributed by atoms with E-state index in [0.717, 1.165) is 5.56 Å². The largest absolute Gasteiger partial charge is 0.331 e. The van der Waals surface area contributed by atoms with Gasteiger partial charge in [0.25, 0.3) is 5.91 Å². The first-order valence-electron chi connectivity index (χ1n) is 6.55. The zero-order valence-electron chi connectivity index (χ0n) is 11.6. The highest BCUT2D eigenvalue weighted by Gasteiger charge is 2.20. The molecule has 1 aromatic heterocycles. The molecule has 0 spiro atoms. The van der Waals surface area contributed by atoms with Crippen LogP contribution in [0.4, 0.5) is 0 Å². The third kappa shape index (κ3) is 3.67. The third-order valence-corrected chi connectivity index (χ3v) is 3.46. The second kappa shape index (κ2) is 6.66. The van der Waals surface area contributed by atoms with Crippen LogP contribution in [0, 0.1) is 0 Å². The van der Waals surface area contributed by atoms with Crippen molar-refractivity contribution in [2.24, 2.45) is 0 Å². The maximum Gasteiger partial charge on any atom is 0.273 e. The number of carbonyl (C=O) groups is 1.